The lowest BCUT2D eigenvalue weighted by molar-refractivity contribution is 0.0803. The van der Waals surface area contributed by atoms with Gasteiger partial charge in [0, 0.05) is 38.4 Å². The molecule has 0 N–H and O–H groups in total. The molecule has 0 bridgehead atoms. The minimum absolute atomic E-state index is 0.00794. The normalized spacial score (nSPS) is 18.6. The molecule has 0 aromatic heterocycles. The number of methoxy groups -OCH3 is 2. The third-order valence-electron chi connectivity index (χ3n) is 8.34. The molecule has 11 heteroatoms. The molecule has 0 radical (unpaired) electrons. The summed E-state index contributed by atoms with van der Waals surface area (Å²) in [5, 5.41) is 1.87. The van der Waals surface area contributed by atoms with Crippen LogP contribution in [-0.2, 0) is 12.8 Å². The van der Waals surface area contributed by atoms with Gasteiger partial charge in [0.25, 0.3) is 0 Å². The molecule has 47 heavy (non-hydrogen) atoms. The minimum atomic E-state index is -0.597. The molecule has 2 aromatic rings. The number of carbonyl (C=O) groups is 2. The van der Waals surface area contributed by atoms with E-state index in [0.717, 1.165) is 49.1 Å². The molecule has 0 aliphatic heterocycles. The van der Waals surface area contributed by atoms with E-state index in [1.165, 1.54) is 26.4 Å². The number of carbonyl (C=O) groups excluding carboxylic acids is 2. The molecule has 0 saturated heterocycles. The van der Waals surface area contributed by atoms with Crippen LogP contribution in [-0.4, -0.2) is 31.7 Å². The molecular weight excluding hydrogens is 712 g/mol. The topological polar surface area (TPSA) is 52.6 Å². The molecule has 4 nitrogen and oxygen atoms in total. The first-order chi connectivity index (χ1) is 22.2. The maximum Gasteiger partial charge on any atom is 0.173 e. The van der Waals surface area contributed by atoms with Crippen molar-refractivity contribution in [3.8, 4) is 11.5 Å². The lowest BCUT2D eigenvalue weighted by Gasteiger charge is -2.26. The van der Waals surface area contributed by atoms with Crippen LogP contribution >= 0.6 is 58.0 Å². The van der Waals surface area contributed by atoms with E-state index in [1.807, 2.05) is 6.08 Å². The second kappa shape index (κ2) is 19.4. The largest absolute Gasteiger partial charge is 0.492 e. The van der Waals surface area contributed by atoms with Gasteiger partial charge >= 0.3 is 0 Å². The maximum absolute atomic E-state index is 14.1. The van der Waals surface area contributed by atoms with E-state index >= 15 is 0 Å². The Hall–Kier alpha value is -1.83. The summed E-state index contributed by atoms with van der Waals surface area (Å²) in [5.41, 5.74) is 1.65. The number of Topliss-reactive ketones (excluding diaryl/α,β-unsaturated/α-hetero) is 2. The Kier molecular flexibility index (Phi) is 17.0. The van der Waals surface area contributed by atoms with Crippen molar-refractivity contribution >= 4 is 69.6 Å². The number of halogens is 7. The second-order valence-electron chi connectivity index (χ2n) is 11.7. The summed E-state index contributed by atoms with van der Waals surface area (Å²) < 4.78 is 37.8. The maximum atomic E-state index is 14.1. The number of alkyl halides is 1. The minimum Gasteiger partial charge on any atom is -0.492 e. The Morgan fingerprint density at radius 1 is 0.894 bits per heavy atom. The quantitative estimate of drug-likeness (QED) is 0.214. The van der Waals surface area contributed by atoms with Crippen LogP contribution in [0.2, 0.25) is 10.0 Å². The van der Waals surface area contributed by atoms with Gasteiger partial charge in [-0.15, -0.1) is 11.6 Å². The third-order valence-corrected chi connectivity index (χ3v) is 9.60. The number of unbranched alkanes of at least 4 members (excludes halogenated alkanes) is 2. The SMILES string of the molecule is CC(Cl)=CCCl.CCCCC1Cc2c(cc(F)c(OC)c2Cl)C1=O.CCCC[C@]1(CC=C(C)Cl)Cc2c(cc(F)c(OC)c2Cl)C1=O. The van der Waals surface area contributed by atoms with Gasteiger partial charge in [0.15, 0.2) is 34.7 Å². The first-order valence-corrected chi connectivity index (χ1v) is 17.7. The van der Waals surface area contributed by atoms with E-state index in [9.17, 15) is 18.4 Å². The van der Waals surface area contributed by atoms with Crippen LogP contribution in [0, 0.1) is 23.0 Å². The number of hydrogen-bond acceptors (Lipinski definition) is 4. The average molecular weight is 755 g/mol. The number of ether oxygens (including phenoxy) is 2. The summed E-state index contributed by atoms with van der Waals surface area (Å²) in [7, 11) is 2.75. The summed E-state index contributed by atoms with van der Waals surface area (Å²) in [6, 6.07) is 2.52. The highest BCUT2D eigenvalue weighted by Crippen LogP contribution is 2.49. The van der Waals surface area contributed by atoms with E-state index in [-0.39, 0.29) is 39.0 Å². The number of ketones is 2. The standard InChI is InChI=1S/C18H21Cl2FO2.C14H16ClFO2.C4H6Cl2/c1-4-5-7-18(8-6-11(2)19)10-13-12(17(18)22)9-14(21)16(23-3)15(13)20;1-3-4-5-8-6-9-10(13(8)17)7-11(16)14(18-2)12(9)15;1-4(6)2-3-5/h6,9H,4-5,7-8,10H2,1-3H3;7-8H,3-6H2,1-2H3;2H,3H2,1H3/t18-;;/m0../s1. The monoisotopic (exact) mass is 752 g/mol. The van der Waals surface area contributed by atoms with Crippen LogP contribution in [0.25, 0.3) is 0 Å². The first kappa shape index (κ1) is 41.3. The lowest BCUT2D eigenvalue weighted by Crippen LogP contribution is -2.27. The molecule has 4 rings (SSSR count). The number of allylic oxidation sites excluding steroid dienone is 4. The van der Waals surface area contributed by atoms with Crippen molar-refractivity contribution in [2.24, 2.45) is 11.3 Å². The zero-order valence-corrected chi connectivity index (χ0v) is 31.5. The molecule has 260 valence electrons. The average Bonchev–Trinajstić information content (AvgIpc) is 3.48. The van der Waals surface area contributed by atoms with Gasteiger partial charge in [-0.3, -0.25) is 9.59 Å². The molecule has 0 heterocycles. The van der Waals surface area contributed by atoms with Gasteiger partial charge in [0.2, 0.25) is 0 Å². The Bertz CT molecular complexity index is 1480. The van der Waals surface area contributed by atoms with Gasteiger partial charge in [0.1, 0.15) is 0 Å². The predicted octanol–water partition coefficient (Wildman–Crippen LogP) is 12.3. The van der Waals surface area contributed by atoms with Gasteiger partial charge < -0.3 is 9.47 Å². The number of benzene rings is 2. The highest BCUT2D eigenvalue weighted by Gasteiger charge is 2.46. The van der Waals surface area contributed by atoms with Crippen LogP contribution in [0.3, 0.4) is 0 Å². The Morgan fingerprint density at radius 3 is 1.89 bits per heavy atom. The van der Waals surface area contributed by atoms with Crippen molar-refractivity contribution in [2.75, 3.05) is 20.1 Å². The van der Waals surface area contributed by atoms with Gasteiger partial charge in [-0.2, -0.15) is 0 Å². The fourth-order valence-corrected chi connectivity index (χ4v) is 6.97. The number of fused-ring (bicyclic) bond motifs is 2. The Balaban J connectivity index is 0.000000284. The van der Waals surface area contributed by atoms with Crippen LogP contribution < -0.4 is 9.47 Å². The highest BCUT2D eigenvalue weighted by molar-refractivity contribution is 6.34. The van der Waals surface area contributed by atoms with Crippen molar-refractivity contribution < 1.29 is 27.8 Å². The van der Waals surface area contributed by atoms with Crippen molar-refractivity contribution in [2.45, 2.75) is 85.5 Å². The molecule has 2 aliphatic rings. The van der Waals surface area contributed by atoms with Gasteiger partial charge in [0.05, 0.1) is 24.3 Å². The van der Waals surface area contributed by atoms with Crippen molar-refractivity contribution in [1.82, 2.24) is 0 Å². The fourth-order valence-electron chi connectivity index (χ4n) is 5.82. The second-order valence-corrected chi connectivity index (χ2v) is 14.0. The number of hydrogen-bond donors (Lipinski definition) is 0. The first-order valence-electron chi connectivity index (χ1n) is 15.6. The molecule has 0 saturated carbocycles. The van der Waals surface area contributed by atoms with Crippen LogP contribution in [0.15, 0.2) is 34.3 Å². The molecule has 2 aromatic carbocycles. The molecule has 0 amide bonds. The molecule has 1 unspecified atom stereocenters. The summed E-state index contributed by atoms with van der Waals surface area (Å²) in [4.78, 5) is 25.1. The van der Waals surface area contributed by atoms with Gasteiger partial charge in [-0.1, -0.05) is 98.1 Å². The predicted molar refractivity (Wildman–Crippen MR) is 192 cm³/mol. The van der Waals surface area contributed by atoms with Crippen molar-refractivity contribution in [3.63, 3.8) is 0 Å². The Morgan fingerprint density at radius 2 is 1.43 bits per heavy atom. The smallest absolute Gasteiger partial charge is 0.173 e. The third kappa shape index (κ3) is 10.3. The van der Waals surface area contributed by atoms with Crippen LogP contribution in [0.1, 0.15) is 104 Å². The van der Waals surface area contributed by atoms with E-state index in [4.69, 9.17) is 67.5 Å². The highest BCUT2D eigenvalue weighted by atomic mass is 35.5. The summed E-state index contributed by atoms with van der Waals surface area (Å²) in [5.74, 6) is -0.682. The Labute approximate surface area is 302 Å². The van der Waals surface area contributed by atoms with E-state index < -0.39 is 17.0 Å². The summed E-state index contributed by atoms with van der Waals surface area (Å²) in [6.45, 7) is 7.75. The molecule has 0 spiro atoms. The molecule has 0 fully saturated rings. The summed E-state index contributed by atoms with van der Waals surface area (Å²) in [6.07, 6.45) is 10.8. The van der Waals surface area contributed by atoms with E-state index in [2.05, 4.69) is 13.8 Å². The zero-order valence-electron chi connectivity index (χ0n) is 27.7. The molecule has 2 atom stereocenters. The van der Waals surface area contributed by atoms with Crippen molar-refractivity contribution in [3.05, 3.63) is 78.3 Å². The molecular formula is C36H43Cl5F2O4. The summed E-state index contributed by atoms with van der Waals surface area (Å²) >= 11 is 28.9. The van der Waals surface area contributed by atoms with Crippen LogP contribution in [0.5, 0.6) is 11.5 Å². The van der Waals surface area contributed by atoms with Gasteiger partial charge in [-0.05, 0) is 69.2 Å². The van der Waals surface area contributed by atoms with E-state index in [0.29, 0.717) is 46.9 Å². The molecule has 2 aliphatic carbocycles. The fraction of sp³-hybridized carbons (Fsp3) is 0.500. The van der Waals surface area contributed by atoms with E-state index in [1.54, 1.807) is 19.9 Å². The van der Waals surface area contributed by atoms with Gasteiger partial charge in [-0.25, -0.2) is 8.78 Å². The van der Waals surface area contributed by atoms with Crippen LogP contribution in [0.4, 0.5) is 8.78 Å². The lowest BCUT2D eigenvalue weighted by atomic mass is 9.76. The zero-order chi connectivity index (χ0) is 35.5. The van der Waals surface area contributed by atoms with Crippen molar-refractivity contribution in [1.29, 1.82) is 0 Å². The number of rotatable bonds is 11.